The minimum atomic E-state index is 0.570. The van der Waals surface area contributed by atoms with E-state index in [0.717, 1.165) is 46.5 Å². The first-order valence-corrected chi connectivity index (χ1v) is 17.1. The Kier molecular flexibility index (Phi) is 6.56. The average molecular weight is 642 g/mol. The maximum atomic E-state index is 5.22. The second-order valence-corrected chi connectivity index (χ2v) is 12.7. The predicted molar refractivity (Wildman–Crippen MR) is 205 cm³/mol. The number of nitrogens with zero attached hydrogens (tertiary/aromatic N) is 5. The molecule has 0 spiro atoms. The van der Waals surface area contributed by atoms with Crippen LogP contribution in [0.15, 0.2) is 164 Å². The van der Waals surface area contributed by atoms with E-state index in [9.17, 15) is 0 Å². The second-order valence-electron chi connectivity index (χ2n) is 12.7. The average Bonchev–Trinajstić information content (AvgIpc) is 3.47. The highest BCUT2D eigenvalue weighted by molar-refractivity contribution is 6.19. The Morgan fingerprint density at radius 2 is 1.10 bits per heavy atom. The number of fused-ring (bicyclic) bond motifs is 9. The molecule has 236 valence electrons. The lowest BCUT2D eigenvalue weighted by Crippen LogP contribution is -2.16. The third-order valence-corrected chi connectivity index (χ3v) is 9.81. The van der Waals surface area contributed by atoms with Gasteiger partial charge in [0.05, 0.1) is 22.4 Å². The molecule has 0 amide bonds. The summed E-state index contributed by atoms with van der Waals surface area (Å²) < 4.78 is 2.47. The third kappa shape index (κ3) is 4.44. The lowest BCUT2D eigenvalue weighted by atomic mass is 9.92. The first-order valence-electron chi connectivity index (χ1n) is 17.1. The molecule has 0 unspecified atom stereocenters. The van der Waals surface area contributed by atoms with Crippen LogP contribution in [0.25, 0.3) is 72.5 Å². The van der Waals surface area contributed by atoms with Crippen LogP contribution in [0.5, 0.6) is 0 Å². The molecule has 1 aliphatic carbocycles. The first kappa shape index (κ1) is 28.4. The minimum Gasteiger partial charge on any atom is -0.309 e. The van der Waals surface area contributed by atoms with Crippen LogP contribution in [-0.4, -0.2) is 19.5 Å². The van der Waals surface area contributed by atoms with Crippen molar-refractivity contribution in [1.82, 2.24) is 19.5 Å². The van der Waals surface area contributed by atoms with Gasteiger partial charge in [-0.25, -0.2) is 4.98 Å². The number of anilines is 3. The Bertz CT molecular complexity index is 2590. The Morgan fingerprint density at radius 3 is 1.80 bits per heavy atom. The van der Waals surface area contributed by atoms with E-state index in [-0.39, 0.29) is 0 Å². The van der Waals surface area contributed by atoms with Crippen molar-refractivity contribution in [2.24, 2.45) is 0 Å². The molecule has 5 heteroatoms. The number of hydrogen-bond donors (Lipinski definition) is 0. The molecule has 5 nitrogen and oxygen atoms in total. The molecule has 3 heterocycles. The second kappa shape index (κ2) is 11.5. The van der Waals surface area contributed by atoms with E-state index >= 15 is 0 Å². The van der Waals surface area contributed by atoms with Crippen molar-refractivity contribution >= 4 is 44.8 Å². The summed E-state index contributed by atoms with van der Waals surface area (Å²) >= 11 is 0. The highest BCUT2D eigenvalue weighted by Crippen LogP contribution is 2.53. The Labute approximate surface area is 290 Å². The number of benzene rings is 6. The van der Waals surface area contributed by atoms with Crippen LogP contribution in [0.4, 0.5) is 17.3 Å². The maximum Gasteiger partial charge on any atom is 0.238 e. The van der Waals surface area contributed by atoms with Crippen LogP contribution in [0.1, 0.15) is 12.8 Å². The van der Waals surface area contributed by atoms with Gasteiger partial charge >= 0.3 is 0 Å². The molecule has 50 heavy (non-hydrogen) atoms. The third-order valence-electron chi connectivity index (χ3n) is 9.81. The van der Waals surface area contributed by atoms with Gasteiger partial charge in [-0.15, -0.1) is 0 Å². The van der Waals surface area contributed by atoms with Crippen LogP contribution in [0.3, 0.4) is 0 Å². The van der Waals surface area contributed by atoms with Gasteiger partial charge in [-0.2, -0.15) is 9.97 Å². The van der Waals surface area contributed by atoms with E-state index < -0.39 is 0 Å². The van der Waals surface area contributed by atoms with E-state index in [4.69, 9.17) is 15.0 Å². The molecule has 2 aromatic heterocycles. The fraction of sp³-hybridized carbons (Fsp3) is 0.0444. The van der Waals surface area contributed by atoms with Crippen molar-refractivity contribution in [3.63, 3.8) is 0 Å². The molecular weight excluding hydrogens is 611 g/mol. The zero-order valence-corrected chi connectivity index (χ0v) is 27.2. The lowest BCUT2D eigenvalue weighted by molar-refractivity contribution is 1.02. The number of rotatable bonds is 4. The number of para-hydroxylation sites is 3. The van der Waals surface area contributed by atoms with Gasteiger partial charge < -0.3 is 4.57 Å². The van der Waals surface area contributed by atoms with Crippen LogP contribution in [0.2, 0.25) is 0 Å². The van der Waals surface area contributed by atoms with Gasteiger partial charge in [-0.05, 0) is 42.7 Å². The van der Waals surface area contributed by atoms with Gasteiger partial charge in [0.1, 0.15) is 0 Å². The normalized spacial score (nSPS) is 13.4. The van der Waals surface area contributed by atoms with Gasteiger partial charge in [0.25, 0.3) is 0 Å². The van der Waals surface area contributed by atoms with E-state index in [1.54, 1.807) is 0 Å². The summed E-state index contributed by atoms with van der Waals surface area (Å²) in [6.45, 7) is 0. The molecule has 0 atom stereocenters. The summed E-state index contributed by atoms with van der Waals surface area (Å²) in [5.41, 5.74) is 12.1. The zero-order valence-electron chi connectivity index (χ0n) is 27.2. The van der Waals surface area contributed by atoms with Crippen molar-refractivity contribution in [2.45, 2.75) is 12.8 Å². The highest BCUT2D eigenvalue weighted by Gasteiger charge is 2.31. The minimum absolute atomic E-state index is 0.570. The van der Waals surface area contributed by atoms with Crippen molar-refractivity contribution in [3.05, 3.63) is 164 Å². The maximum absolute atomic E-state index is 5.22. The van der Waals surface area contributed by atoms with Crippen LogP contribution >= 0.6 is 0 Å². The van der Waals surface area contributed by atoms with Crippen molar-refractivity contribution in [2.75, 3.05) is 4.90 Å². The number of aromatic nitrogens is 4. The topological polar surface area (TPSA) is 46.8 Å². The quantitative estimate of drug-likeness (QED) is 0.192. The molecule has 0 bridgehead atoms. The largest absolute Gasteiger partial charge is 0.309 e. The Hall–Kier alpha value is -6.59. The summed E-state index contributed by atoms with van der Waals surface area (Å²) in [5, 5.41) is 2.48. The van der Waals surface area contributed by atoms with Gasteiger partial charge in [0, 0.05) is 44.3 Å². The van der Waals surface area contributed by atoms with Crippen LogP contribution in [-0.2, 0) is 0 Å². The predicted octanol–water partition coefficient (Wildman–Crippen LogP) is 11.6. The fourth-order valence-corrected chi connectivity index (χ4v) is 7.61. The summed E-state index contributed by atoms with van der Waals surface area (Å²) in [6, 6.07) is 51.0. The zero-order chi connectivity index (χ0) is 33.0. The van der Waals surface area contributed by atoms with E-state index in [1.165, 1.54) is 38.6 Å². The number of hydrogen-bond acceptors (Lipinski definition) is 4. The van der Waals surface area contributed by atoms with Crippen molar-refractivity contribution in [1.29, 1.82) is 0 Å². The monoisotopic (exact) mass is 641 g/mol. The van der Waals surface area contributed by atoms with E-state index in [0.29, 0.717) is 17.6 Å². The molecule has 1 aliphatic heterocycles. The van der Waals surface area contributed by atoms with Gasteiger partial charge in [-0.1, -0.05) is 140 Å². The van der Waals surface area contributed by atoms with Crippen molar-refractivity contribution in [3.8, 4) is 45.0 Å². The van der Waals surface area contributed by atoms with Crippen LogP contribution < -0.4 is 4.90 Å². The summed E-state index contributed by atoms with van der Waals surface area (Å²) in [5.74, 6) is 1.83. The molecule has 2 aliphatic rings. The molecule has 8 aromatic rings. The molecule has 0 saturated carbocycles. The van der Waals surface area contributed by atoms with E-state index in [2.05, 4.69) is 137 Å². The summed E-state index contributed by atoms with van der Waals surface area (Å²) in [6.07, 6.45) is 9.02. The van der Waals surface area contributed by atoms with E-state index in [1.807, 2.05) is 36.4 Å². The molecule has 0 fully saturated rings. The lowest BCUT2D eigenvalue weighted by Gasteiger charge is -2.25. The van der Waals surface area contributed by atoms with Crippen LogP contribution in [0, 0.1) is 0 Å². The Morgan fingerprint density at radius 1 is 0.480 bits per heavy atom. The number of allylic oxidation sites excluding steroid dienone is 4. The molecule has 6 aromatic carbocycles. The SMILES string of the molecule is C1=CC(n2c3ccccc3c3ccc4c(c32)-c2ccccc2N(c2nc(-c3ccccc3)nc(-c3ccccc3)n2)c2ccccc2-4)=CCC1. The van der Waals surface area contributed by atoms with Gasteiger partial charge in [-0.3, -0.25) is 4.90 Å². The van der Waals surface area contributed by atoms with Gasteiger partial charge in [0.2, 0.25) is 5.95 Å². The highest BCUT2D eigenvalue weighted by atomic mass is 15.3. The summed E-state index contributed by atoms with van der Waals surface area (Å²) in [4.78, 5) is 17.7. The standard InChI is InChI=1S/C45H31N5/c1-4-16-30(17-5-1)43-46-44(31-18-6-2-7-19-31)48-45(47-43)50-39-26-14-10-22-33(39)35-28-29-36-34-23-11-13-25-38(34)49(32-20-8-3-9-21-32)42(36)41(35)37-24-12-15-27-40(37)50/h1-2,4-8,10-29H,3,9H2. The first-order chi connectivity index (χ1) is 24.8. The molecule has 0 N–H and O–H groups in total. The van der Waals surface area contributed by atoms with Crippen molar-refractivity contribution < 1.29 is 0 Å². The molecule has 0 saturated heterocycles. The Balaban J connectivity index is 1.31. The molecular formula is C45H31N5. The molecule has 0 radical (unpaired) electrons. The van der Waals surface area contributed by atoms with Gasteiger partial charge in [0.15, 0.2) is 11.6 Å². The smallest absolute Gasteiger partial charge is 0.238 e. The summed E-state index contributed by atoms with van der Waals surface area (Å²) in [7, 11) is 0. The fourth-order valence-electron chi connectivity index (χ4n) is 7.61. The molecule has 10 rings (SSSR count).